The molecule has 60 valence electrons. The second-order valence-electron chi connectivity index (χ2n) is 2.72. The maximum atomic E-state index is 11.2. The van der Waals surface area contributed by atoms with Gasteiger partial charge in [0.25, 0.3) is 0 Å². The Labute approximate surface area is 65.2 Å². The van der Waals surface area contributed by atoms with E-state index in [1.165, 1.54) is 0 Å². The quantitative estimate of drug-likeness (QED) is 0.658. The van der Waals surface area contributed by atoms with Crippen LogP contribution in [-0.2, 0) is 0 Å². The van der Waals surface area contributed by atoms with Crippen LogP contribution in [0.4, 0.5) is 5.88 Å². The molecule has 0 amide bonds. The summed E-state index contributed by atoms with van der Waals surface area (Å²) in [6.07, 6.45) is 0. The number of hydrogen-bond donors (Lipinski definition) is 1. The molecular formula is C8H11NO2. The molecule has 0 bridgehead atoms. The summed E-state index contributed by atoms with van der Waals surface area (Å²) < 4.78 is 4.93. The van der Waals surface area contributed by atoms with Crippen molar-refractivity contribution in [3.05, 3.63) is 17.9 Å². The molecule has 0 spiro atoms. The van der Waals surface area contributed by atoms with E-state index in [0.29, 0.717) is 5.76 Å². The smallest absolute Gasteiger partial charge is 0.200 e. The van der Waals surface area contributed by atoms with E-state index in [0.717, 1.165) is 0 Å². The summed E-state index contributed by atoms with van der Waals surface area (Å²) in [5, 5.41) is 0. The summed E-state index contributed by atoms with van der Waals surface area (Å²) in [6.45, 7) is 3.64. The van der Waals surface area contributed by atoms with Gasteiger partial charge in [-0.05, 0) is 6.07 Å². The van der Waals surface area contributed by atoms with Gasteiger partial charge in [0.05, 0.1) is 0 Å². The summed E-state index contributed by atoms with van der Waals surface area (Å²) in [4.78, 5) is 11.2. The lowest BCUT2D eigenvalue weighted by Gasteiger charge is -1.97. The normalized spacial score (nSPS) is 10.5. The van der Waals surface area contributed by atoms with Crippen LogP contribution in [0, 0.1) is 5.92 Å². The number of Topliss-reactive ketones (excluding diaryl/α,β-unsaturated/α-hetero) is 1. The summed E-state index contributed by atoms with van der Waals surface area (Å²) in [7, 11) is 0. The maximum absolute atomic E-state index is 11.2. The highest BCUT2D eigenvalue weighted by atomic mass is 16.4. The van der Waals surface area contributed by atoms with Crippen LogP contribution in [0.2, 0.25) is 0 Å². The molecule has 0 aromatic carbocycles. The molecule has 0 radical (unpaired) electrons. The number of anilines is 1. The van der Waals surface area contributed by atoms with Crippen molar-refractivity contribution in [1.29, 1.82) is 0 Å². The van der Waals surface area contributed by atoms with Crippen LogP contribution >= 0.6 is 0 Å². The molecule has 2 N–H and O–H groups in total. The zero-order valence-electron chi connectivity index (χ0n) is 6.63. The second kappa shape index (κ2) is 2.78. The largest absolute Gasteiger partial charge is 0.438 e. The minimum atomic E-state index is -0.0412. The van der Waals surface area contributed by atoms with E-state index in [-0.39, 0.29) is 17.6 Å². The highest BCUT2D eigenvalue weighted by molar-refractivity contribution is 5.95. The van der Waals surface area contributed by atoms with Gasteiger partial charge in [0, 0.05) is 12.0 Å². The first-order valence-electron chi connectivity index (χ1n) is 3.51. The third-order valence-electron chi connectivity index (χ3n) is 1.39. The Kier molecular flexibility index (Phi) is 1.98. The van der Waals surface area contributed by atoms with Gasteiger partial charge >= 0.3 is 0 Å². The monoisotopic (exact) mass is 153 g/mol. The highest BCUT2D eigenvalue weighted by Crippen LogP contribution is 2.13. The van der Waals surface area contributed by atoms with Gasteiger partial charge < -0.3 is 10.2 Å². The highest BCUT2D eigenvalue weighted by Gasteiger charge is 2.13. The van der Waals surface area contributed by atoms with Gasteiger partial charge in [-0.2, -0.15) is 0 Å². The molecule has 0 unspecified atom stereocenters. The predicted molar refractivity (Wildman–Crippen MR) is 42.3 cm³/mol. The van der Waals surface area contributed by atoms with Crippen LogP contribution in [0.15, 0.2) is 16.5 Å². The summed E-state index contributed by atoms with van der Waals surface area (Å²) in [5.41, 5.74) is 5.30. The average Bonchev–Trinajstić information content (AvgIpc) is 2.34. The molecule has 0 aliphatic rings. The Balaban J connectivity index is 2.85. The molecular weight excluding hydrogens is 142 g/mol. The topological polar surface area (TPSA) is 56.2 Å². The molecule has 1 aromatic heterocycles. The van der Waals surface area contributed by atoms with Crippen molar-refractivity contribution in [2.75, 3.05) is 5.73 Å². The Morgan fingerprint density at radius 2 is 2.18 bits per heavy atom. The van der Waals surface area contributed by atoms with Gasteiger partial charge in [0.15, 0.2) is 11.6 Å². The van der Waals surface area contributed by atoms with Crippen molar-refractivity contribution in [1.82, 2.24) is 0 Å². The zero-order valence-corrected chi connectivity index (χ0v) is 6.63. The van der Waals surface area contributed by atoms with Crippen LogP contribution in [0.25, 0.3) is 0 Å². The maximum Gasteiger partial charge on any atom is 0.200 e. The number of carbonyl (C=O) groups excluding carboxylic acids is 1. The number of nitrogens with two attached hydrogens (primary N) is 1. The summed E-state index contributed by atoms with van der Waals surface area (Å²) in [6, 6.07) is 3.17. The Morgan fingerprint density at radius 3 is 2.55 bits per heavy atom. The number of furan rings is 1. The number of ketones is 1. The molecule has 0 aliphatic carbocycles. The van der Waals surface area contributed by atoms with Crippen molar-refractivity contribution in [2.24, 2.45) is 5.92 Å². The van der Waals surface area contributed by atoms with E-state index in [2.05, 4.69) is 0 Å². The average molecular weight is 153 g/mol. The Morgan fingerprint density at radius 1 is 1.55 bits per heavy atom. The first-order chi connectivity index (χ1) is 5.11. The molecule has 0 aliphatic heterocycles. The number of hydrogen-bond acceptors (Lipinski definition) is 3. The molecule has 0 fully saturated rings. The van der Waals surface area contributed by atoms with Gasteiger partial charge in [-0.1, -0.05) is 13.8 Å². The van der Waals surface area contributed by atoms with Crippen molar-refractivity contribution in [3.63, 3.8) is 0 Å². The van der Waals surface area contributed by atoms with Crippen LogP contribution in [-0.4, -0.2) is 5.78 Å². The van der Waals surface area contributed by atoms with Gasteiger partial charge in [0.1, 0.15) is 0 Å². The van der Waals surface area contributed by atoms with Crippen LogP contribution in [0.5, 0.6) is 0 Å². The fraction of sp³-hybridized carbons (Fsp3) is 0.375. The minimum Gasteiger partial charge on any atom is -0.438 e. The Hall–Kier alpha value is -1.25. The lowest BCUT2D eigenvalue weighted by molar-refractivity contribution is 0.0912. The fourth-order valence-corrected chi connectivity index (χ4v) is 0.770. The second-order valence-corrected chi connectivity index (χ2v) is 2.72. The van der Waals surface area contributed by atoms with Crippen molar-refractivity contribution in [2.45, 2.75) is 13.8 Å². The van der Waals surface area contributed by atoms with E-state index in [9.17, 15) is 4.79 Å². The van der Waals surface area contributed by atoms with E-state index < -0.39 is 0 Å². The van der Waals surface area contributed by atoms with Gasteiger partial charge in [0.2, 0.25) is 5.78 Å². The van der Waals surface area contributed by atoms with E-state index in [1.54, 1.807) is 12.1 Å². The SMILES string of the molecule is CC(C)C(=O)c1ccc(N)o1. The molecule has 1 rings (SSSR count). The molecule has 0 saturated carbocycles. The number of rotatable bonds is 2. The lowest BCUT2D eigenvalue weighted by atomic mass is 10.1. The number of carbonyl (C=O) groups is 1. The van der Waals surface area contributed by atoms with Crippen molar-refractivity contribution in [3.8, 4) is 0 Å². The predicted octanol–water partition coefficient (Wildman–Crippen LogP) is 1.70. The zero-order chi connectivity index (χ0) is 8.43. The van der Waals surface area contributed by atoms with Crippen molar-refractivity contribution >= 4 is 11.7 Å². The van der Waals surface area contributed by atoms with E-state index in [4.69, 9.17) is 10.2 Å². The molecule has 3 nitrogen and oxygen atoms in total. The molecule has 1 heterocycles. The first kappa shape index (κ1) is 7.85. The van der Waals surface area contributed by atoms with Crippen molar-refractivity contribution < 1.29 is 9.21 Å². The van der Waals surface area contributed by atoms with Gasteiger partial charge in [-0.3, -0.25) is 4.79 Å². The minimum absolute atomic E-state index is 0.0123. The van der Waals surface area contributed by atoms with Gasteiger partial charge in [-0.15, -0.1) is 0 Å². The first-order valence-corrected chi connectivity index (χ1v) is 3.51. The van der Waals surface area contributed by atoms with Crippen LogP contribution in [0.1, 0.15) is 24.4 Å². The molecule has 1 aromatic rings. The van der Waals surface area contributed by atoms with Gasteiger partial charge in [-0.25, -0.2) is 0 Å². The third-order valence-corrected chi connectivity index (χ3v) is 1.39. The number of nitrogen functional groups attached to an aromatic ring is 1. The molecule has 0 saturated heterocycles. The molecule has 11 heavy (non-hydrogen) atoms. The fourth-order valence-electron chi connectivity index (χ4n) is 0.770. The van der Waals surface area contributed by atoms with Crippen LogP contribution in [0.3, 0.4) is 0 Å². The molecule has 0 atom stereocenters. The van der Waals surface area contributed by atoms with E-state index >= 15 is 0 Å². The lowest BCUT2D eigenvalue weighted by Crippen LogP contribution is -2.05. The van der Waals surface area contributed by atoms with E-state index in [1.807, 2.05) is 13.8 Å². The standard InChI is InChI=1S/C8H11NO2/c1-5(2)8(10)6-3-4-7(9)11-6/h3-5H,9H2,1-2H3. The molecule has 3 heteroatoms. The summed E-state index contributed by atoms with van der Waals surface area (Å²) >= 11 is 0. The third kappa shape index (κ3) is 1.61. The Bertz CT molecular complexity index is 263. The summed E-state index contributed by atoms with van der Waals surface area (Å²) in [5.74, 6) is 0.578. The van der Waals surface area contributed by atoms with Crippen LogP contribution < -0.4 is 5.73 Å².